The van der Waals surface area contributed by atoms with Gasteiger partial charge in [0.1, 0.15) is 5.75 Å². The van der Waals surface area contributed by atoms with E-state index in [2.05, 4.69) is 16.4 Å². The number of ether oxygens (including phenoxy) is 2. The number of amides is 1. The Morgan fingerprint density at radius 3 is 2.20 bits per heavy atom. The second kappa shape index (κ2) is 13.0. The van der Waals surface area contributed by atoms with E-state index >= 15 is 0 Å². The molecule has 1 saturated heterocycles. The van der Waals surface area contributed by atoms with Crippen LogP contribution in [0.4, 0.5) is 0 Å². The minimum Gasteiger partial charge on any atom is -0.496 e. The molecular formula is C20H32N2O3. The molecule has 1 N–H and O–H groups in total. The average molecular weight is 348 g/mol. The van der Waals surface area contributed by atoms with Crippen molar-refractivity contribution in [3.8, 4) is 11.6 Å². The van der Waals surface area contributed by atoms with E-state index in [1.807, 2.05) is 46.8 Å². The second-order valence-corrected chi connectivity index (χ2v) is 4.82. The minimum atomic E-state index is 0.204. The molecule has 1 fully saturated rings. The number of methoxy groups -OCH3 is 2. The molecule has 25 heavy (non-hydrogen) atoms. The van der Waals surface area contributed by atoms with E-state index in [4.69, 9.17) is 9.47 Å². The van der Waals surface area contributed by atoms with Crippen LogP contribution in [-0.4, -0.2) is 31.7 Å². The minimum absolute atomic E-state index is 0.204. The third kappa shape index (κ3) is 6.99. The van der Waals surface area contributed by atoms with Gasteiger partial charge in [0, 0.05) is 24.5 Å². The summed E-state index contributed by atoms with van der Waals surface area (Å²) >= 11 is 0. The predicted molar refractivity (Wildman–Crippen MR) is 105 cm³/mol. The number of carbonyl (C=O) groups excluding carboxylic acids is 1. The van der Waals surface area contributed by atoms with E-state index in [0.717, 1.165) is 41.5 Å². The number of rotatable bonds is 2. The molecule has 2 heterocycles. The van der Waals surface area contributed by atoms with Crippen LogP contribution >= 0.6 is 0 Å². The molecule has 0 unspecified atom stereocenters. The highest BCUT2D eigenvalue weighted by atomic mass is 16.5. The number of aryl methyl sites for hydroxylation is 1. The predicted octanol–water partition coefficient (Wildman–Crippen LogP) is 4.51. The quantitative estimate of drug-likeness (QED) is 0.867. The van der Waals surface area contributed by atoms with Crippen LogP contribution in [0.3, 0.4) is 0 Å². The van der Waals surface area contributed by atoms with Crippen LogP contribution in [-0.2, 0) is 4.79 Å². The summed E-state index contributed by atoms with van der Waals surface area (Å²) in [6.45, 7) is 10.9. The average Bonchev–Trinajstić information content (AvgIpc) is 3.15. The highest BCUT2D eigenvalue weighted by molar-refractivity contribution is 5.88. The lowest BCUT2D eigenvalue weighted by Crippen LogP contribution is -2.12. The van der Waals surface area contributed by atoms with Crippen molar-refractivity contribution in [2.24, 2.45) is 0 Å². The molecule has 5 nitrogen and oxygen atoms in total. The molecule has 0 spiro atoms. The Bertz CT molecular complexity index is 634. The van der Waals surface area contributed by atoms with Crippen LogP contribution in [0.25, 0.3) is 10.8 Å². The van der Waals surface area contributed by atoms with Crippen molar-refractivity contribution in [2.75, 3.05) is 20.8 Å². The molecule has 1 aliphatic rings. The molecule has 140 valence electrons. The van der Waals surface area contributed by atoms with Gasteiger partial charge in [-0.15, -0.1) is 0 Å². The SMILES string of the molecule is CC.CC.COc1cc2c(OC)nccc2cc1C.O=C1CCCN1. The van der Waals surface area contributed by atoms with Gasteiger partial charge < -0.3 is 14.8 Å². The lowest BCUT2D eigenvalue weighted by Gasteiger charge is -2.08. The topological polar surface area (TPSA) is 60.5 Å². The van der Waals surface area contributed by atoms with Gasteiger partial charge in [-0.3, -0.25) is 4.79 Å². The van der Waals surface area contributed by atoms with E-state index < -0.39 is 0 Å². The van der Waals surface area contributed by atoms with E-state index in [-0.39, 0.29) is 5.91 Å². The molecule has 3 rings (SSSR count). The first kappa shape index (κ1) is 22.7. The summed E-state index contributed by atoms with van der Waals surface area (Å²) in [6, 6.07) is 5.99. The fraction of sp³-hybridized carbons (Fsp3) is 0.500. The van der Waals surface area contributed by atoms with Crippen LogP contribution in [0.5, 0.6) is 11.6 Å². The Hall–Kier alpha value is -2.30. The van der Waals surface area contributed by atoms with E-state index in [9.17, 15) is 4.79 Å². The fourth-order valence-corrected chi connectivity index (χ4v) is 2.24. The summed E-state index contributed by atoms with van der Waals surface area (Å²) in [4.78, 5) is 14.3. The number of hydrogen-bond donors (Lipinski definition) is 1. The summed E-state index contributed by atoms with van der Waals surface area (Å²) in [6.07, 6.45) is 3.51. The molecule has 0 bridgehead atoms. The van der Waals surface area contributed by atoms with Gasteiger partial charge in [-0.1, -0.05) is 27.7 Å². The van der Waals surface area contributed by atoms with Crippen molar-refractivity contribution >= 4 is 16.7 Å². The van der Waals surface area contributed by atoms with Crippen molar-refractivity contribution in [1.29, 1.82) is 0 Å². The summed E-state index contributed by atoms with van der Waals surface area (Å²) in [7, 11) is 3.28. The van der Waals surface area contributed by atoms with E-state index in [0.29, 0.717) is 5.88 Å². The van der Waals surface area contributed by atoms with Gasteiger partial charge in [0.2, 0.25) is 11.8 Å². The Balaban J connectivity index is 0.000000481. The zero-order valence-electron chi connectivity index (χ0n) is 16.6. The zero-order valence-corrected chi connectivity index (χ0v) is 16.6. The molecule has 0 radical (unpaired) electrons. The lowest BCUT2D eigenvalue weighted by atomic mass is 10.1. The number of pyridine rings is 1. The molecule has 1 aliphatic heterocycles. The summed E-state index contributed by atoms with van der Waals surface area (Å²) < 4.78 is 10.5. The Labute approximate surface area is 151 Å². The van der Waals surface area contributed by atoms with E-state index in [1.165, 1.54) is 0 Å². The molecule has 0 atom stereocenters. The largest absolute Gasteiger partial charge is 0.496 e. The van der Waals surface area contributed by atoms with Crippen molar-refractivity contribution in [1.82, 2.24) is 10.3 Å². The van der Waals surface area contributed by atoms with Crippen LogP contribution < -0.4 is 14.8 Å². The third-order valence-corrected chi connectivity index (χ3v) is 3.34. The highest BCUT2D eigenvalue weighted by Crippen LogP contribution is 2.29. The number of carbonyl (C=O) groups is 1. The van der Waals surface area contributed by atoms with Gasteiger partial charge in [0.05, 0.1) is 14.2 Å². The maximum Gasteiger partial charge on any atom is 0.221 e. The molecule has 1 amide bonds. The Kier molecular flexibility index (Phi) is 11.8. The van der Waals surface area contributed by atoms with Gasteiger partial charge in [-0.25, -0.2) is 4.98 Å². The number of fused-ring (bicyclic) bond motifs is 1. The summed E-state index contributed by atoms with van der Waals surface area (Å²) in [5.74, 6) is 1.69. The van der Waals surface area contributed by atoms with Gasteiger partial charge in [0.15, 0.2) is 0 Å². The summed E-state index contributed by atoms with van der Waals surface area (Å²) in [5.41, 5.74) is 1.11. The van der Waals surface area contributed by atoms with Gasteiger partial charge in [0.25, 0.3) is 0 Å². The molecule has 0 aliphatic carbocycles. The molecule has 1 aromatic heterocycles. The maximum absolute atomic E-state index is 10.1. The first-order chi connectivity index (χ1) is 12.2. The van der Waals surface area contributed by atoms with Crippen LogP contribution in [0.2, 0.25) is 0 Å². The van der Waals surface area contributed by atoms with Gasteiger partial charge >= 0.3 is 0 Å². The molecular weight excluding hydrogens is 316 g/mol. The first-order valence-electron chi connectivity index (χ1n) is 8.89. The standard InChI is InChI=1S/C12H13NO2.C4H7NO.2C2H6/c1-8-6-9-4-5-13-12(15-3)10(9)7-11(8)14-2;6-4-2-1-3-5-4;2*1-2/h4-7H,1-3H3;1-3H2,(H,5,6);2*1-2H3. The fourth-order valence-electron chi connectivity index (χ4n) is 2.24. The smallest absolute Gasteiger partial charge is 0.221 e. The van der Waals surface area contributed by atoms with Gasteiger partial charge in [-0.2, -0.15) is 0 Å². The van der Waals surface area contributed by atoms with Crippen molar-refractivity contribution in [3.63, 3.8) is 0 Å². The van der Waals surface area contributed by atoms with Crippen molar-refractivity contribution in [2.45, 2.75) is 47.5 Å². The first-order valence-corrected chi connectivity index (χ1v) is 8.89. The third-order valence-electron chi connectivity index (χ3n) is 3.34. The monoisotopic (exact) mass is 348 g/mol. The molecule has 5 heteroatoms. The van der Waals surface area contributed by atoms with Crippen LogP contribution in [0, 0.1) is 6.92 Å². The van der Waals surface area contributed by atoms with Crippen LogP contribution in [0.1, 0.15) is 46.1 Å². The molecule has 2 aromatic rings. The highest BCUT2D eigenvalue weighted by Gasteiger charge is 2.06. The number of aromatic nitrogens is 1. The van der Waals surface area contributed by atoms with Crippen LogP contribution in [0.15, 0.2) is 24.4 Å². The normalized spacial score (nSPS) is 11.7. The molecule has 1 aromatic carbocycles. The zero-order chi connectivity index (χ0) is 19.2. The van der Waals surface area contributed by atoms with E-state index in [1.54, 1.807) is 20.4 Å². The number of hydrogen-bond acceptors (Lipinski definition) is 4. The van der Waals surface area contributed by atoms with Crippen molar-refractivity contribution < 1.29 is 14.3 Å². The lowest BCUT2D eigenvalue weighted by molar-refractivity contribution is -0.119. The number of benzene rings is 1. The summed E-state index contributed by atoms with van der Waals surface area (Å²) in [5, 5.41) is 4.77. The Morgan fingerprint density at radius 2 is 1.76 bits per heavy atom. The molecule has 0 saturated carbocycles. The second-order valence-electron chi connectivity index (χ2n) is 4.82. The van der Waals surface area contributed by atoms with Crippen molar-refractivity contribution in [3.05, 3.63) is 30.0 Å². The number of nitrogens with zero attached hydrogens (tertiary/aromatic N) is 1. The van der Waals surface area contributed by atoms with Gasteiger partial charge in [-0.05, 0) is 42.5 Å². The number of nitrogens with one attached hydrogen (secondary N) is 1. The maximum atomic E-state index is 10.1. The Morgan fingerprint density at radius 1 is 1.08 bits per heavy atom.